The number of hydrogen-bond donors (Lipinski definition) is 2. The smallest absolute Gasteiger partial charge is 0.311 e. The Morgan fingerprint density at radius 2 is 2.35 bits per heavy atom. The highest BCUT2D eigenvalue weighted by Gasteiger charge is 2.44. The van der Waals surface area contributed by atoms with Gasteiger partial charge >= 0.3 is 5.97 Å². The Morgan fingerprint density at radius 3 is 2.88 bits per heavy atom. The molecule has 17 heavy (non-hydrogen) atoms. The summed E-state index contributed by atoms with van der Waals surface area (Å²) in [6.07, 6.45) is 5.45. The van der Waals surface area contributed by atoms with Gasteiger partial charge in [0.05, 0.1) is 24.9 Å². The van der Waals surface area contributed by atoms with E-state index in [1.54, 1.807) is 6.20 Å². The zero-order chi connectivity index (χ0) is 12.3. The van der Waals surface area contributed by atoms with Crippen LogP contribution in [0.3, 0.4) is 0 Å². The van der Waals surface area contributed by atoms with Crippen LogP contribution in [-0.2, 0) is 4.79 Å². The standard InChI is InChI=1S/C11H15N3O3/c1-17-9-6-12-5-8(14-9)13-7-11(10(15)16)3-2-4-11/h5-6H,2-4,7H2,1H3,(H,13,14)(H,15,16). The molecule has 0 bridgehead atoms. The van der Waals surface area contributed by atoms with Crippen molar-refractivity contribution in [2.24, 2.45) is 5.41 Å². The molecule has 1 aromatic rings. The number of aromatic nitrogens is 2. The van der Waals surface area contributed by atoms with Crippen LogP contribution in [0.15, 0.2) is 12.4 Å². The molecule has 6 nitrogen and oxygen atoms in total. The zero-order valence-electron chi connectivity index (χ0n) is 9.64. The fraction of sp³-hybridized carbons (Fsp3) is 0.545. The van der Waals surface area contributed by atoms with E-state index in [-0.39, 0.29) is 0 Å². The largest absolute Gasteiger partial charge is 0.481 e. The molecule has 1 heterocycles. The minimum atomic E-state index is -0.743. The Balaban J connectivity index is 1.99. The topological polar surface area (TPSA) is 84.3 Å². The SMILES string of the molecule is COc1cncc(NCC2(C(=O)O)CCC2)n1. The summed E-state index contributed by atoms with van der Waals surface area (Å²) in [6, 6.07) is 0. The number of nitrogens with zero attached hydrogens (tertiary/aromatic N) is 2. The molecule has 92 valence electrons. The van der Waals surface area contributed by atoms with Crippen molar-refractivity contribution in [1.82, 2.24) is 9.97 Å². The molecule has 6 heteroatoms. The van der Waals surface area contributed by atoms with E-state index < -0.39 is 11.4 Å². The van der Waals surface area contributed by atoms with Gasteiger partial charge in [0.25, 0.3) is 0 Å². The summed E-state index contributed by atoms with van der Waals surface area (Å²) >= 11 is 0. The fourth-order valence-corrected chi connectivity index (χ4v) is 1.86. The Kier molecular flexibility index (Phi) is 3.12. The van der Waals surface area contributed by atoms with E-state index in [0.29, 0.717) is 31.1 Å². The molecule has 2 N–H and O–H groups in total. The zero-order valence-corrected chi connectivity index (χ0v) is 9.64. The Labute approximate surface area is 99.0 Å². The number of carboxylic acids is 1. The molecule has 0 atom stereocenters. The third-order valence-corrected chi connectivity index (χ3v) is 3.19. The fourth-order valence-electron chi connectivity index (χ4n) is 1.86. The van der Waals surface area contributed by atoms with Gasteiger partial charge in [-0.3, -0.25) is 9.78 Å². The lowest BCUT2D eigenvalue weighted by Crippen LogP contribution is -2.43. The lowest BCUT2D eigenvalue weighted by atomic mass is 9.69. The minimum Gasteiger partial charge on any atom is -0.481 e. The minimum absolute atomic E-state index is 0.379. The molecule has 0 amide bonds. The van der Waals surface area contributed by atoms with Crippen LogP contribution < -0.4 is 10.1 Å². The number of carbonyl (C=O) groups is 1. The van der Waals surface area contributed by atoms with Crippen molar-refractivity contribution < 1.29 is 14.6 Å². The summed E-state index contributed by atoms with van der Waals surface area (Å²) in [7, 11) is 1.51. The van der Waals surface area contributed by atoms with E-state index >= 15 is 0 Å². The highest BCUT2D eigenvalue weighted by molar-refractivity contribution is 5.76. The molecule has 1 aliphatic carbocycles. The average Bonchev–Trinajstić information content (AvgIpc) is 2.27. The summed E-state index contributed by atoms with van der Waals surface area (Å²) in [4.78, 5) is 19.2. The second-order valence-electron chi connectivity index (χ2n) is 4.24. The monoisotopic (exact) mass is 237 g/mol. The molecule has 0 aromatic carbocycles. The molecular weight excluding hydrogens is 222 g/mol. The van der Waals surface area contributed by atoms with Crippen LogP contribution in [0.5, 0.6) is 5.88 Å². The summed E-state index contributed by atoms with van der Waals surface area (Å²) in [5.41, 5.74) is -0.634. The molecule has 0 unspecified atom stereocenters. The summed E-state index contributed by atoms with van der Waals surface area (Å²) in [6.45, 7) is 0.379. The summed E-state index contributed by atoms with van der Waals surface area (Å²) in [5.74, 6) is 0.206. The van der Waals surface area contributed by atoms with Crippen molar-refractivity contribution in [1.29, 1.82) is 0 Å². The maximum atomic E-state index is 11.1. The third kappa shape index (κ3) is 2.30. The number of carboxylic acid groups (broad SMARTS) is 1. The van der Waals surface area contributed by atoms with Gasteiger partial charge in [-0.1, -0.05) is 6.42 Å². The molecule has 1 aliphatic rings. The van der Waals surface area contributed by atoms with Gasteiger partial charge in [0.15, 0.2) is 0 Å². The third-order valence-electron chi connectivity index (χ3n) is 3.19. The van der Waals surface area contributed by atoms with Gasteiger partial charge < -0.3 is 15.2 Å². The van der Waals surface area contributed by atoms with Gasteiger partial charge in [0, 0.05) is 6.54 Å². The van der Waals surface area contributed by atoms with E-state index in [1.165, 1.54) is 13.3 Å². The Hall–Kier alpha value is -1.85. The lowest BCUT2D eigenvalue weighted by molar-refractivity contribution is -0.153. The summed E-state index contributed by atoms with van der Waals surface area (Å²) in [5, 5.41) is 12.2. The van der Waals surface area contributed by atoms with Crippen molar-refractivity contribution in [2.45, 2.75) is 19.3 Å². The van der Waals surface area contributed by atoms with Crippen LogP contribution in [0.25, 0.3) is 0 Å². The van der Waals surface area contributed by atoms with Crippen LogP contribution >= 0.6 is 0 Å². The van der Waals surface area contributed by atoms with Gasteiger partial charge in [-0.05, 0) is 12.8 Å². The maximum absolute atomic E-state index is 11.1. The van der Waals surface area contributed by atoms with Gasteiger partial charge in [-0.2, -0.15) is 4.98 Å². The maximum Gasteiger partial charge on any atom is 0.311 e. The number of rotatable bonds is 5. The van der Waals surface area contributed by atoms with Crippen LogP contribution in [-0.4, -0.2) is 34.7 Å². The summed E-state index contributed by atoms with van der Waals surface area (Å²) < 4.78 is 4.94. The first-order chi connectivity index (χ1) is 8.16. The Bertz CT molecular complexity index is 418. The molecule has 0 saturated heterocycles. The van der Waals surface area contributed by atoms with Crippen molar-refractivity contribution in [2.75, 3.05) is 19.0 Å². The number of aliphatic carboxylic acids is 1. The first-order valence-corrected chi connectivity index (χ1v) is 5.50. The Morgan fingerprint density at radius 1 is 1.59 bits per heavy atom. The second kappa shape index (κ2) is 4.57. The highest BCUT2D eigenvalue weighted by atomic mass is 16.5. The molecule has 1 aromatic heterocycles. The van der Waals surface area contributed by atoms with E-state index in [2.05, 4.69) is 15.3 Å². The van der Waals surface area contributed by atoms with Gasteiger partial charge in [0.2, 0.25) is 5.88 Å². The van der Waals surface area contributed by atoms with Crippen molar-refractivity contribution in [3.8, 4) is 5.88 Å². The number of hydrogen-bond acceptors (Lipinski definition) is 5. The number of nitrogens with one attached hydrogen (secondary N) is 1. The van der Waals surface area contributed by atoms with E-state index in [4.69, 9.17) is 9.84 Å². The van der Waals surface area contributed by atoms with Crippen LogP contribution in [0.4, 0.5) is 5.82 Å². The molecule has 1 fully saturated rings. The number of anilines is 1. The second-order valence-corrected chi connectivity index (χ2v) is 4.24. The van der Waals surface area contributed by atoms with Gasteiger partial charge in [-0.25, -0.2) is 0 Å². The van der Waals surface area contributed by atoms with E-state index in [9.17, 15) is 4.79 Å². The predicted molar refractivity (Wildman–Crippen MR) is 61.0 cm³/mol. The quantitative estimate of drug-likeness (QED) is 0.799. The van der Waals surface area contributed by atoms with Crippen LogP contribution in [0.1, 0.15) is 19.3 Å². The van der Waals surface area contributed by atoms with E-state index in [1.807, 2.05) is 0 Å². The number of ether oxygens (including phenoxy) is 1. The normalized spacial score (nSPS) is 17.0. The van der Waals surface area contributed by atoms with Crippen LogP contribution in [0, 0.1) is 5.41 Å². The molecule has 2 rings (SSSR count). The van der Waals surface area contributed by atoms with Crippen molar-refractivity contribution >= 4 is 11.8 Å². The number of methoxy groups -OCH3 is 1. The van der Waals surface area contributed by atoms with E-state index in [0.717, 1.165) is 6.42 Å². The average molecular weight is 237 g/mol. The molecule has 0 spiro atoms. The van der Waals surface area contributed by atoms with Crippen molar-refractivity contribution in [3.05, 3.63) is 12.4 Å². The van der Waals surface area contributed by atoms with Crippen LogP contribution in [0.2, 0.25) is 0 Å². The predicted octanol–water partition coefficient (Wildman–Crippen LogP) is 1.15. The van der Waals surface area contributed by atoms with Gasteiger partial charge in [-0.15, -0.1) is 0 Å². The first kappa shape index (κ1) is 11.6. The molecular formula is C11H15N3O3. The lowest BCUT2D eigenvalue weighted by Gasteiger charge is -2.37. The molecule has 0 aliphatic heterocycles. The highest BCUT2D eigenvalue weighted by Crippen LogP contribution is 2.41. The molecule has 0 radical (unpaired) electrons. The van der Waals surface area contributed by atoms with Gasteiger partial charge in [0.1, 0.15) is 5.82 Å². The molecule has 1 saturated carbocycles. The van der Waals surface area contributed by atoms with Crippen molar-refractivity contribution in [3.63, 3.8) is 0 Å². The first-order valence-electron chi connectivity index (χ1n) is 5.50.